The van der Waals surface area contributed by atoms with Crippen molar-refractivity contribution in [2.24, 2.45) is 5.92 Å². The predicted molar refractivity (Wildman–Crippen MR) is 60.5 cm³/mol. The highest BCUT2D eigenvalue weighted by Gasteiger charge is 1.97. The van der Waals surface area contributed by atoms with Gasteiger partial charge in [-0.05, 0) is 12.1 Å². The summed E-state index contributed by atoms with van der Waals surface area (Å²) in [4.78, 5) is 10.5. The molecule has 0 unspecified atom stereocenters. The third kappa shape index (κ3) is 2.45. The van der Waals surface area contributed by atoms with Crippen molar-refractivity contribution in [3.05, 3.63) is 59.7 Å². The number of carbonyl (C=O) groups excluding carboxylic acids is 1. The summed E-state index contributed by atoms with van der Waals surface area (Å²) < 4.78 is 0. The van der Waals surface area contributed by atoms with E-state index in [4.69, 9.17) is 0 Å². The van der Waals surface area contributed by atoms with Gasteiger partial charge in [-0.3, -0.25) is 4.79 Å². The van der Waals surface area contributed by atoms with Gasteiger partial charge < -0.3 is 0 Å². The topological polar surface area (TPSA) is 17.1 Å². The Labute approximate surface area is 89.1 Å². The molecule has 0 aliphatic heterocycles. The molecule has 0 bridgehead atoms. The first kappa shape index (κ1) is 9.48. The Morgan fingerprint density at radius 3 is 2.73 bits per heavy atom. The number of hydrogen-bond acceptors (Lipinski definition) is 1. The largest absolute Gasteiger partial charge is 0.298 e. The van der Waals surface area contributed by atoms with Crippen LogP contribution in [0.3, 0.4) is 0 Å². The van der Waals surface area contributed by atoms with Crippen molar-refractivity contribution < 1.29 is 4.79 Å². The van der Waals surface area contributed by atoms with Gasteiger partial charge in [0.25, 0.3) is 0 Å². The van der Waals surface area contributed by atoms with Crippen LogP contribution >= 0.6 is 0 Å². The molecule has 0 saturated heterocycles. The summed E-state index contributed by atoms with van der Waals surface area (Å²) in [5.74, 6) is 6.37. The van der Waals surface area contributed by atoms with Crippen molar-refractivity contribution in [3.63, 3.8) is 0 Å². The lowest BCUT2D eigenvalue weighted by Crippen LogP contribution is -1.84. The van der Waals surface area contributed by atoms with Crippen LogP contribution in [0.5, 0.6) is 0 Å². The summed E-state index contributed by atoms with van der Waals surface area (Å²) in [7, 11) is 0. The molecule has 0 spiro atoms. The molecule has 1 heteroatoms. The van der Waals surface area contributed by atoms with Gasteiger partial charge in [0.2, 0.25) is 0 Å². The first-order valence-corrected chi connectivity index (χ1v) is 4.80. The number of hydrogen-bond donors (Lipinski definition) is 0. The first-order valence-electron chi connectivity index (χ1n) is 4.80. The highest BCUT2D eigenvalue weighted by Crippen LogP contribution is 2.08. The lowest BCUT2D eigenvalue weighted by Gasteiger charge is -1.93. The molecule has 1 aliphatic rings. The van der Waals surface area contributed by atoms with Crippen LogP contribution in [0.1, 0.15) is 15.9 Å². The lowest BCUT2D eigenvalue weighted by molar-refractivity contribution is 0.112. The molecule has 0 radical (unpaired) electrons. The fraction of sp³-hybridized carbons (Fsp3) is 0.0714. The second-order valence-electron chi connectivity index (χ2n) is 3.31. The van der Waals surface area contributed by atoms with Gasteiger partial charge in [0, 0.05) is 11.1 Å². The van der Waals surface area contributed by atoms with Gasteiger partial charge in [0.1, 0.15) is 6.29 Å². The summed E-state index contributed by atoms with van der Waals surface area (Å²) in [5.41, 5.74) is 1.55. The van der Waals surface area contributed by atoms with E-state index in [9.17, 15) is 4.79 Å². The Kier molecular flexibility index (Phi) is 2.80. The van der Waals surface area contributed by atoms with Gasteiger partial charge in [0.15, 0.2) is 0 Å². The normalized spacial score (nSPS) is 13.6. The number of allylic oxidation sites excluding steroid dienone is 4. The zero-order valence-corrected chi connectivity index (χ0v) is 8.18. The van der Waals surface area contributed by atoms with Gasteiger partial charge in [-0.15, -0.1) is 0 Å². The zero-order chi connectivity index (χ0) is 10.5. The highest BCUT2D eigenvalue weighted by atomic mass is 16.1. The maximum Gasteiger partial charge on any atom is 0.150 e. The average molecular weight is 194 g/mol. The fourth-order valence-electron chi connectivity index (χ4n) is 1.38. The van der Waals surface area contributed by atoms with Crippen LogP contribution in [-0.4, -0.2) is 6.29 Å². The van der Waals surface area contributed by atoms with E-state index in [1.165, 1.54) is 0 Å². The molecule has 0 fully saturated rings. The molecule has 0 saturated carbocycles. The van der Waals surface area contributed by atoms with E-state index in [0.29, 0.717) is 5.56 Å². The Balaban J connectivity index is 2.19. The smallest absolute Gasteiger partial charge is 0.150 e. The molecule has 72 valence electrons. The van der Waals surface area contributed by atoms with E-state index in [2.05, 4.69) is 11.8 Å². The Morgan fingerprint density at radius 1 is 1.20 bits per heavy atom. The van der Waals surface area contributed by atoms with Crippen molar-refractivity contribution in [2.75, 3.05) is 0 Å². The van der Waals surface area contributed by atoms with E-state index in [0.717, 1.165) is 11.8 Å². The molecule has 1 aromatic rings. The number of aldehydes is 1. The van der Waals surface area contributed by atoms with Crippen molar-refractivity contribution in [1.29, 1.82) is 0 Å². The SMILES string of the molecule is O=Cc1cccc(C#CC2C=CC=C2)c1. The molecule has 0 amide bonds. The summed E-state index contributed by atoms with van der Waals surface area (Å²) in [6.07, 6.45) is 8.89. The summed E-state index contributed by atoms with van der Waals surface area (Å²) in [6, 6.07) is 7.31. The van der Waals surface area contributed by atoms with Crippen LogP contribution in [0, 0.1) is 17.8 Å². The maximum atomic E-state index is 10.5. The van der Waals surface area contributed by atoms with E-state index >= 15 is 0 Å². The Morgan fingerprint density at radius 2 is 2.00 bits per heavy atom. The monoisotopic (exact) mass is 194 g/mol. The van der Waals surface area contributed by atoms with Crippen LogP contribution in [-0.2, 0) is 0 Å². The number of rotatable bonds is 1. The van der Waals surface area contributed by atoms with E-state index < -0.39 is 0 Å². The minimum absolute atomic E-state index is 0.213. The number of benzene rings is 1. The molecule has 2 rings (SSSR count). The minimum atomic E-state index is 0.213. The van der Waals surface area contributed by atoms with Gasteiger partial charge in [-0.1, -0.05) is 48.3 Å². The van der Waals surface area contributed by atoms with Crippen LogP contribution in [0.4, 0.5) is 0 Å². The molecular weight excluding hydrogens is 184 g/mol. The van der Waals surface area contributed by atoms with Gasteiger partial charge in [-0.25, -0.2) is 0 Å². The molecule has 0 heterocycles. The van der Waals surface area contributed by atoms with Crippen LogP contribution in [0.15, 0.2) is 48.6 Å². The van der Waals surface area contributed by atoms with E-state index in [1.54, 1.807) is 12.1 Å². The van der Waals surface area contributed by atoms with Crippen molar-refractivity contribution in [2.45, 2.75) is 0 Å². The Hall–Kier alpha value is -2.07. The minimum Gasteiger partial charge on any atom is -0.298 e. The molecule has 0 atom stereocenters. The van der Waals surface area contributed by atoms with Crippen LogP contribution < -0.4 is 0 Å². The lowest BCUT2D eigenvalue weighted by atomic mass is 10.1. The zero-order valence-electron chi connectivity index (χ0n) is 8.18. The van der Waals surface area contributed by atoms with Gasteiger partial charge in [-0.2, -0.15) is 0 Å². The standard InChI is InChI=1S/C14H10O/c15-11-14-7-3-6-13(10-14)9-8-12-4-1-2-5-12/h1-7,10-12H. The van der Waals surface area contributed by atoms with Gasteiger partial charge in [0.05, 0.1) is 5.92 Å². The van der Waals surface area contributed by atoms with Crippen LogP contribution in [0.25, 0.3) is 0 Å². The molecule has 1 nitrogen and oxygen atoms in total. The second kappa shape index (κ2) is 4.43. The molecule has 0 aromatic heterocycles. The van der Waals surface area contributed by atoms with Gasteiger partial charge >= 0.3 is 0 Å². The van der Waals surface area contributed by atoms with Crippen molar-refractivity contribution in [1.82, 2.24) is 0 Å². The molecule has 0 N–H and O–H groups in total. The highest BCUT2D eigenvalue weighted by molar-refractivity contribution is 5.75. The van der Waals surface area contributed by atoms with Crippen LogP contribution in [0.2, 0.25) is 0 Å². The van der Waals surface area contributed by atoms with E-state index in [1.807, 2.05) is 36.4 Å². The van der Waals surface area contributed by atoms with Crippen molar-refractivity contribution >= 4 is 6.29 Å². The number of carbonyl (C=O) groups is 1. The summed E-state index contributed by atoms with van der Waals surface area (Å²) in [6.45, 7) is 0. The Bertz CT molecular complexity index is 472. The average Bonchev–Trinajstić information content (AvgIpc) is 2.79. The van der Waals surface area contributed by atoms with Crippen molar-refractivity contribution in [3.8, 4) is 11.8 Å². The molecule has 1 aromatic carbocycles. The first-order chi connectivity index (χ1) is 7.38. The second-order valence-corrected chi connectivity index (χ2v) is 3.31. The maximum absolute atomic E-state index is 10.5. The molecule has 15 heavy (non-hydrogen) atoms. The summed E-state index contributed by atoms with van der Waals surface area (Å²) in [5, 5.41) is 0. The predicted octanol–water partition coefficient (Wildman–Crippen LogP) is 2.59. The third-order valence-corrected chi connectivity index (χ3v) is 2.15. The molecular formula is C14H10O. The van der Waals surface area contributed by atoms with E-state index in [-0.39, 0.29) is 5.92 Å². The summed E-state index contributed by atoms with van der Waals surface area (Å²) >= 11 is 0. The quantitative estimate of drug-likeness (QED) is 0.496. The molecule has 1 aliphatic carbocycles. The fourth-order valence-corrected chi connectivity index (χ4v) is 1.38. The third-order valence-electron chi connectivity index (χ3n) is 2.15.